The molecule has 1 aromatic rings. The van der Waals surface area contributed by atoms with Crippen molar-refractivity contribution in [1.82, 2.24) is 9.78 Å². The van der Waals surface area contributed by atoms with E-state index in [9.17, 15) is 4.79 Å². The molecule has 0 atom stereocenters. The van der Waals surface area contributed by atoms with Crippen molar-refractivity contribution < 1.29 is 4.79 Å². The maximum atomic E-state index is 10.2. The molecule has 0 aromatic carbocycles. The minimum atomic E-state index is 0.301. The smallest absolute Gasteiger partial charge is 0.154 e. The normalized spacial score (nSPS) is 8.80. The van der Waals surface area contributed by atoms with Crippen molar-refractivity contribution in [3.8, 4) is 6.07 Å². The summed E-state index contributed by atoms with van der Waals surface area (Å²) in [6.45, 7) is 0. The highest BCUT2D eigenvalue weighted by Gasteiger charge is 2.04. The van der Waals surface area contributed by atoms with Gasteiger partial charge in [0.15, 0.2) is 6.29 Å². The molecular weight excluding hydrogens is 130 g/mol. The third-order valence-corrected chi connectivity index (χ3v) is 1.20. The Hall–Kier alpha value is -1.63. The standard InChI is InChI=1S/C6H5N3O/c1-9-6(2-7)5(4-10)3-8-9/h3-4H,1H3. The monoisotopic (exact) mass is 135 g/mol. The van der Waals surface area contributed by atoms with Crippen LogP contribution >= 0.6 is 0 Å². The molecule has 0 saturated heterocycles. The quantitative estimate of drug-likeness (QED) is 0.513. The predicted octanol–water partition coefficient (Wildman–Crippen LogP) is 0.104. The molecular formula is C6H5N3O. The van der Waals surface area contributed by atoms with Gasteiger partial charge in [-0.2, -0.15) is 10.4 Å². The van der Waals surface area contributed by atoms with Crippen molar-refractivity contribution in [1.29, 1.82) is 5.26 Å². The molecule has 0 N–H and O–H groups in total. The first-order valence-corrected chi connectivity index (χ1v) is 2.67. The van der Waals surface area contributed by atoms with Crippen molar-refractivity contribution in [2.75, 3.05) is 0 Å². The zero-order valence-electron chi connectivity index (χ0n) is 5.40. The molecule has 1 rings (SSSR count). The molecule has 0 fully saturated rings. The number of carbonyl (C=O) groups excluding carboxylic acids is 1. The Morgan fingerprint density at radius 2 is 2.60 bits per heavy atom. The molecule has 50 valence electrons. The number of hydrogen-bond acceptors (Lipinski definition) is 3. The van der Waals surface area contributed by atoms with Gasteiger partial charge in [0.05, 0.1) is 11.8 Å². The van der Waals surface area contributed by atoms with E-state index in [-0.39, 0.29) is 0 Å². The van der Waals surface area contributed by atoms with Gasteiger partial charge in [0.25, 0.3) is 0 Å². The minimum absolute atomic E-state index is 0.301. The lowest BCUT2D eigenvalue weighted by Crippen LogP contribution is -1.94. The van der Waals surface area contributed by atoms with E-state index in [1.165, 1.54) is 10.9 Å². The van der Waals surface area contributed by atoms with Crippen LogP contribution in [0.25, 0.3) is 0 Å². The second-order valence-corrected chi connectivity index (χ2v) is 1.80. The first-order valence-electron chi connectivity index (χ1n) is 2.67. The van der Waals surface area contributed by atoms with Crippen LogP contribution in [-0.4, -0.2) is 16.1 Å². The third-order valence-electron chi connectivity index (χ3n) is 1.20. The average molecular weight is 135 g/mol. The van der Waals surface area contributed by atoms with Gasteiger partial charge in [0.1, 0.15) is 11.8 Å². The Morgan fingerprint density at radius 3 is 3.00 bits per heavy atom. The Morgan fingerprint density at radius 1 is 1.90 bits per heavy atom. The summed E-state index contributed by atoms with van der Waals surface area (Å²) >= 11 is 0. The van der Waals surface area contributed by atoms with Gasteiger partial charge in [-0.1, -0.05) is 0 Å². The molecule has 0 aliphatic carbocycles. The highest BCUT2D eigenvalue weighted by Crippen LogP contribution is 2.00. The summed E-state index contributed by atoms with van der Waals surface area (Å²) in [6.07, 6.45) is 1.98. The van der Waals surface area contributed by atoms with Crippen molar-refractivity contribution in [3.63, 3.8) is 0 Å². The van der Waals surface area contributed by atoms with E-state index in [0.717, 1.165) is 0 Å². The van der Waals surface area contributed by atoms with Gasteiger partial charge < -0.3 is 0 Å². The molecule has 0 bridgehead atoms. The topological polar surface area (TPSA) is 58.7 Å². The molecule has 0 aliphatic heterocycles. The highest BCUT2D eigenvalue weighted by atomic mass is 16.1. The largest absolute Gasteiger partial charge is 0.298 e. The first-order chi connectivity index (χ1) is 4.79. The second kappa shape index (κ2) is 2.31. The maximum Gasteiger partial charge on any atom is 0.154 e. The summed E-state index contributed by atoms with van der Waals surface area (Å²) in [5, 5.41) is 12.2. The Bertz CT molecular complexity index is 294. The Kier molecular flexibility index (Phi) is 1.50. The van der Waals surface area contributed by atoms with Crippen LogP contribution in [0.1, 0.15) is 16.1 Å². The Balaban J connectivity index is 3.29. The van der Waals surface area contributed by atoms with E-state index in [0.29, 0.717) is 17.5 Å². The number of aldehydes is 1. The fourth-order valence-corrected chi connectivity index (χ4v) is 0.678. The predicted molar refractivity (Wildman–Crippen MR) is 33.3 cm³/mol. The van der Waals surface area contributed by atoms with Crippen molar-refractivity contribution >= 4 is 6.29 Å². The van der Waals surface area contributed by atoms with Gasteiger partial charge in [0.2, 0.25) is 0 Å². The van der Waals surface area contributed by atoms with Gasteiger partial charge >= 0.3 is 0 Å². The summed E-state index contributed by atoms with van der Waals surface area (Å²) in [7, 11) is 1.62. The summed E-state index contributed by atoms with van der Waals surface area (Å²) in [5.74, 6) is 0. The van der Waals surface area contributed by atoms with Crippen LogP contribution in [0.3, 0.4) is 0 Å². The van der Waals surface area contributed by atoms with Crippen LogP contribution in [0, 0.1) is 11.3 Å². The van der Waals surface area contributed by atoms with Gasteiger partial charge in [-0.3, -0.25) is 9.48 Å². The summed E-state index contributed by atoms with van der Waals surface area (Å²) in [4.78, 5) is 10.2. The number of aromatic nitrogens is 2. The van der Waals surface area contributed by atoms with Crippen LogP contribution in [-0.2, 0) is 7.05 Å². The number of rotatable bonds is 1. The summed E-state index contributed by atoms with van der Waals surface area (Å²) in [6, 6.07) is 1.86. The SMILES string of the molecule is Cn1ncc(C=O)c1C#N. The lowest BCUT2D eigenvalue weighted by Gasteiger charge is -1.87. The Labute approximate surface area is 57.7 Å². The lowest BCUT2D eigenvalue weighted by molar-refractivity contribution is 0.112. The van der Waals surface area contributed by atoms with E-state index in [2.05, 4.69) is 5.10 Å². The van der Waals surface area contributed by atoms with Gasteiger partial charge in [0, 0.05) is 7.05 Å². The lowest BCUT2D eigenvalue weighted by atomic mass is 10.3. The van der Waals surface area contributed by atoms with Crippen LogP contribution in [0.2, 0.25) is 0 Å². The maximum absolute atomic E-state index is 10.2. The van der Waals surface area contributed by atoms with Gasteiger partial charge in [-0.05, 0) is 0 Å². The fraction of sp³-hybridized carbons (Fsp3) is 0.167. The summed E-state index contributed by atoms with van der Waals surface area (Å²) in [5.41, 5.74) is 0.639. The van der Waals surface area contributed by atoms with E-state index in [1.807, 2.05) is 6.07 Å². The van der Waals surface area contributed by atoms with Gasteiger partial charge in [-0.15, -0.1) is 0 Å². The van der Waals surface area contributed by atoms with Crippen molar-refractivity contribution in [3.05, 3.63) is 17.5 Å². The van der Waals surface area contributed by atoms with E-state index >= 15 is 0 Å². The van der Waals surface area contributed by atoms with Crippen LogP contribution in [0.5, 0.6) is 0 Å². The van der Waals surface area contributed by atoms with E-state index < -0.39 is 0 Å². The molecule has 10 heavy (non-hydrogen) atoms. The molecule has 0 saturated carbocycles. The number of nitriles is 1. The molecule has 0 radical (unpaired) electrons. The van der Waals surface area contributed by atoms with E-state index in [1.54, 1.807) is 7.05 Å². The number of hydrogen-bond donors (Lipinski definition) is 0. The van der Waals surface area contributed by atoms with Crippen molar-refractivity contribution in [2.24, 2.45) is 7.05 Å². The van der Waals surface area contributed by atoms with Crippen LogP contribution < -0.4 is 0 Å². The molecule has 0 unspecified atom stereocenters. The minimum Gasteiger partial charge on any atom is -0.298 e. The third kappa shape index (κ3) is 0.778. The molecule has 4 nitrogen and oxygen atoms in total. The molecule has 4 heteroatoms. The number of aryl methyl sites for hydroxylation is 1. The van der Waals surface area contributed by atoms with Gasteiger partial charge in [-0.25, -0.2) is 0 Å². The van der Waals surface area contributed by atoms with Crippen molar-refractivity contribution in [2.45, 2.75) is 0 Å². The summed E-state index contributed by atoms with van der Waals surface area (Å²) < 4.78 is 1.36. The zero-order valence-corrected chi connectivity index (χ0v) is 5.40. The molecule has 0 amide bonds. The number of nitrogens with zero attached hydrogens (tertiary/aromatic N) is 3. The number of carbonyl (C=O) groups is 1. The average Bonchev–Trinajstić information content (AvgIpc) is 2.30. The van der Waals surface area contributed by atoms with E-state index in [4.69, 9.17) is 5.26 Å². The highest BCUT2D eigenvalue weighted by molar-refractivity contribution is 5.77. The molecule has 1 aromatic heterocycles. The molecule has 1 heterocycles. The van der Waals surface area contributed by atoms with Crippen LogP contribution in [0.4, 0.5) is 0 Å². The zero-order chi connectivity index (χ0) is 7.56. The molecule has 0 spiro atoms. The van der Waals surface area contributed by atoms with Crippen LogP contribution in [0.15, 0.2) is 6.20 Å². The fourth-order valence-electron chi connectivity index (χ4n) is 0.678. The molecule has 0 aliphatic rings. The second-order valence-electron chi connectivity index (χ2n) is 1.80. The first kappa shape index (κ1) is 6.49.